The summed E-state index contributed by atoms with van der Waals surface area (Å²) in [4.78, 5) is 35.7. The summed E-state index contributed by atoms with van der Waals surface area (Å²) >= 11 is 0. The zero-order valence-electron chi connectivity index (χ0n) is 17.8. The summed E-state index contributed by atoms with van der Waals surface area (Å²) in [5.41, 5.74) is 1.68. The number of hydrogen-bond acceptors (Lipinski definition) is 5. The SMILES string of the molecule is Cn1c(=O)c2c(ncn2CCCCCCN2CCCC2c2cccnc2)n(C)c1=O. The quantitative estimate of drug-likeness (QED) is 0.532. The predicted molar refractivity (Wildman–Crippen MR) is 116 cm³/mol. The van der Waals surface area contributed by atoms with E-state index in [1.807, 2.05) is 23.0 Å². The van der Waals surface area contributed by atoms with Gasteiger partial charge in [0.15, 0.2) is 11.2 Å². The lowest BCUT2D eigenvalue weighted by Crippen LogP contribution is -2.37. The van der Waals surface area contributed by atoms with Gasteiger partial charge >= 0.3 is 5.69 Å². The number of likely N-dealkylation sites (tertiary alicyclic amines) is 1. The van der Waals surface area contributed by atoms with Gasteiger partial charge in [0, 0.05) is 39.1 Å². The van der Waals surface area contributed by atoms with Crippen molar-refractivity contribution in [1.82, 2.24) is 28.6 Å². The predicted octanol–water partition coefficient (Wildman–Crippen LogP) is 2.23. The van der Waals surface area contributed by atoms with Crippen molar-refractivity contribution in [3.05, 3.63) is 57.3 Å². The molecule has 1 atom stereocenters. The fourth-order valence-electron chi connectivity index (χ4n) is 4.56. The summed E-state index contributed by atoms with van der Waals surface area (Å²) in [5, 5.41) is 0. The average Bonchev–Trinajstić information content (AvgIpc) is 3.41. The van der Waals surface area contributed by atoms with Crippen LogP contribution < -0.4 is 11.2 Å². The van der Waals surface area contributed by atoms with E-state index in [1.165, 1.54) is 49.4 Å². The first-order chi connectivity index (χ1) is 14.6. The standard InChI is InChI=1S/C22H30N6O2/c1-25-20-19(21(29)26(2)22(25)30)28(16-24-20)13-6-4-3-5-12-27-14-8-10-18(27)17-9-7-11-23-15-17/h7,9,11,15-16,18H,3-6,8,10,12-14H2,1-2H3. The van der Waals surface area contributed by atoms with E-state index in [2.05, 4.69) is 20.9 Å². The van der Waals surface area contributed by atoms with Gasteiger partial charge in [0.05, 0.1) is 6.33 Å². The van der Waals surface area contributed by atoms with E-state index in [0.717, 1.165) is 30.5 Å². The Morgan fingerprint density at radius 3 is 2.63 bits per heavy atom. The zero-order chi connectivity index (χ0) is 21.1. The van der Waals surface area contributed by atoms with Crippen LogP contribution in [0.1, 0.15) is 50.1 Å². The van der Waals surface area contributed by atoms with E-state index in [-0.39, 0.29) is 11.2 Å². The molecule has 0 N–H and O–H groups in total. The number of hydrogen-bond donors (Lipinski definition) is 0. The Bertz CT molecular complexity index is 1110. The van der Waals surface area contributed by atoms with Crippen molar-refractivity contribution in [3.63, 3.8) is 0 Å². The molecule has 0 bridgehead atoms. The van der Waals surface area contributed by atoms with Crippen LogP contribution in [0.25, 0.3) is 11.2 Å². The molecule has 1 aliphatic rings. The maximum Gasteiger partial charge on any atom is 0.332 e. The Labute approximate surface area is 175 Å². The minimum Gasteiger partial charge on any atom is -0.325 e. The first kappa shape index (κ1) is 20.5. The topological polar surface area (TPSA) is 78.0 Å². The van der Waals surface area contributed by atoms with Gasteiger partial charge in [0.2, 0.25) is 0 Å². The highest BCUT2D eigenvalue weighted by atomic mass is 16.2. The van der Waals surface area contributed by atoms with Crippen molar-refractivity contribution in [2.75, 3.05) is 13.1 Å². The van der Waals surface area contributed by atoms with Crippen molar-refractivity contribution >= 4 is 11.2 Å². The molecule has 4 rings (SSSR count). The third kappa shape index (κ3) is 3.96. The highest BCUT2D eigenvalue weighted by Crippen LogP contribution is 2.31. The van der Waals surface area contributed by atoms with Crippen LogP contribution in [0.4, 0.5) is 0 Å². The lowest BCUT2D eigenvalue weighted by atomic mass is 10.1. The highest BCUT2D eigenvalue weighted by Gasteiger charge is 2.25. The molecular weight excluding hydrogens is 380 g/mol. The molecule has 3 aromatic heterocycles. The van der Waals surface area contributed by atoms with Crippen molar-refractivity contribution in [3.8, 4) is 0 Å². The lowest BCUT2D eigenvalue weighted by molar-refractivity contribution is 0.250. The summed E-state index contributed by atoms with van der Waals surface area (Å²) in [6, 6.07) is 4.72. The Balaban J connectivity index is 1.27. The van der Waals surface area contributed by atoms with E-state index in [0.29, 0.717) is 17.2 Å². The van der Waals surface area contributed by atoms with Crippen molar-refractivity contribution in [2.45, 2.75) is 51.1 Å². The number of aromatic nitrogens is 5. The number of pyridine rings is 1. The van der Waals surface area contributed by atoms with Gasteiger partial charge in [-0.1, -0.05) is 18.9 Å². The monoisotopic (exact) mass is 410 g/mol. The third-order valence-electron chi connectivity index (χ3n) is 6.24. The van der Waals surface area contributed by atoms with Gasteiger partial charge in [-0.2, -0.15) is 0 Å². The smallest absolute Gasteiger partial charge is 0.325 e. The van der Waals surface area contributed by atoms with Crippen LogP contribution in [0.15, 0.2) is 40.4 Å². The highest BCUT2D eigenvalue weighted by molar-refractivity contribution is 5.69. The maximum absolute atomic E-state index is 12.5. The largest absolute Gasteiger partial charge is 0.332 e. The Morgan fingerprint density at radius 1 is 1.07 bits per heavy atom. The van der Waals surface area contributed by atoms with E-state index in [1.54, 1.807) is 13.4 Å². The molecule has 8 heteroatoms. The van der Waals surface area contributed by atoms with E-state index < -0.39 is 0 Å². The molecule has 1 aliphatic heterocycles. The Kier molecular flexibility index (Phi) is 6.13. The normalized spacial score (nSPS) is 17.2. The van der Waals surface area contributed by atoms with Gasteiger partial charge in [-0.15, -0.1) is 0 Å². The van der Waals surface area contributed by atoms with Crippen LogP contribution in [0.2, 0.25) is 0 Å². The summed E-state index contributed by atoms with van der Waals surface area (Å²) in [7, 11) is 3.16. The van der Waals surface area contributed by atoms with E-state index in [4.69, 9.17) is 0 Å². The lowest BCUT2D eigenvalue weighted by Gasteiger charge is -2.24. The fourth-order valence-corrected chi connectivity index (χ4v) is 4.56. The number of imidazole rings is 1. The first-order valence-electron chi connectivity index (χ1n) is 10.8. The van der Waals surface area contributed by atoms with Gasteiger partial charge in [-0.05, 0) is 50.4 Å². The molecule has 0 spiro atoms. The average molecular weight is 411 g/mol. The fraction of sp³-hybridized carbons (Fsp3) is 0.545. The van der Waals surface area contributed by atoms with Crippen LogP contribution in [-0.2, 0) is 20.6 Å². The number of rotatable bonds is 8. The molecule has 0 aromatic carbocycles. The first-order valence-corrected chi connectivity index (χ1v) is 10.8. The zero-order valence-corrected chi connectivity index (χ0v) is 17.8. The second-order valence-electron chi connectivity index (χ2n) is 8.21. The molecule has 4 heterocycles. The number of aryl methyl sites for hydroxylation is 2. The van der Waals surface area contributed by atoms with Crippen LogP contribution in [0, 0.1) is 0 Å². The third-order valence-corrected chi connectivity index (χ3v) is 6.24. The minimum absolute atomic E-state index is 0.277. The molecule has 1 unspecified atom stereocenters. The summed E-state index contributed by atoms with van der Waals surface area (Å²) < 4.78 is 4.47. The van der Waals surface area contributed by atoms with Gasteiger partial charge in [-0.25, -0.2) is 9.78 Å². The molecule has 0 radical (unpaired) electrons. The van der Waals surface area contributed by atoms with Crippen LogP contribution in [0.5, 0.6) is 0 Å². The van der Waals surface area contributed by atoms with E-state index >= 15 is 0 Å². The Hall–Kier alpha value is -2.74. The van der Waals surface area contributed by atoms with Crippen LogP contribution in [0.3, 0.4) is 0 Å². The van der Waals surface area contributed by atoms with Crippen LogP contribution in [-0.4, -0.2) is 41.7 Å². The molecule has 160 valence electrons. The van der Waals surface area contributed by atoms with Gasteiger partial charge in [0.25, 0.3) is 5.56 Å². The molecule has 1 saturated heterocycles. The van der Waals surface area contributed by atoms with Gasteiger partial charge < -0.3 is 4.57 Å². The molecule has 0 amide bonds. The number of fused-ring (bicyclic) bond motifs is 1. The van der Waals surface area contributed by atoms with Crippen molar-refractivity contribution in [1.29, 1.82) is 0 Å². The van der Waals surface area contributed by atoms with Gasteiger partial charge in [0.1, 0.15) is 0 Å². The summed E-state index contributed by atoms with van der Waals surface area (Å²) in [6.45, 7) is 3.03. The summed E-state index contributed by atoms with van der Waals surface area (Å²) in [5.74, 6) is 0. The van der Waals surface area contributed by atoms with Crippen molar-refractivity contribution < 1.29 is 0 Å². The Morgan fingerprint density at radius 2 is 1.87 bits per heavy atom. The second-order valence-corrected chi connectivity index (χ2v) is 8.21. The van der Waals surface area contributed by atoms with E-state index in [9.17, 15) is 9.59 Å². The number of unbranched alkanes of at least 4 members (excludes halogenated alkanes) is 3. The van der Waals surface area contributed by atoms with Crippen LogP contribution >= 0.6 is 0 Å². The minimum atomic E-state index is -0.343. The maximum atomic E-state index is 12.5. The van der Waals surface area contributed by atoms with Crippen molar-refractivity contribution in [2.24, 2.45) is 14.1 Å². The second kappa shape index (κ2) is 8.95. The molecule has 0 saturated carbocycles. The van der Waals surface area contributed by atoms with Gasteiger partial charge in [-0.3, -0.25) is 23.8 Å². The molecular formula is C22H30N6O2. The molecule has 1 fully saturated rings. The molecule has 8 nitrogen and oxygen atoms in total. The number of nitrogens with zero attached hydrogens (tertiary/aromatic N) is 6. The summed E-state index contributed by atoms with van der Waals surface area (Å²) in [6.07, 6.45) is 12.4. The molecule has 3 aromatic rings. The molecule has 0 aliphatic carbocycles. The molecule has 30 heavy (non-hydrogen) atoms.